The first-order chi connectivity index (χ1) is 9.28. The van der Waals surface area contributed by atoms with Crippen LogP contribution in [0, 0.1) is 0 Å². The van der Waals surface area contributed by atoms with Gasteiger partial charge in [-0.05, 0) is 11.6 Å². The summed E-state index contributed by atoms with van der Waals surface area (Å²) in [5.41, 5.74) is 1.71. The summed E-state index contributed by atoms with van der Waals surface area (Å²) in [7, 11) is 0. The summed E-state index contributed by atoms with van der Waals surface area (Å²) < 4.78 is 5.04. The molecule has 1 amide bonds. The maximum absolute atomic E-state index is 11.5. The number of anilines is 1. The number of aromatic nitrogens is 1. The molecule has 2 aromatic rings. The van der Waals surface area contributed by atoms with Crippen LogP contribution >= 0.6 is 0 Å². The molecule has 1 aromatic heterocycles. The van der Waals surface area contributed by atoms with Crippen LogP contribution in [0.25, 0.3) is 0 Å². The van der Waals surface area contributed by atoms with Gasteiger partial charge in [-0.2, -0.15) is 0 Å². The topological polar surface area (TPSA) is 68.3 Å². The molecule has 1 heterocycles. The van der Waals surface area contributed by atoms with Crippen molar-refractivity contribution in [3.63, 3.8) is 0 Å². The number of benzene rings is 1. The lowest BCUT2D eigenvalue weighted by Gasteiger charge is -2.06. The quantitative estimate of drug-likeness (QED) is 0.854. The summed E-state index contributed by atoms with van der Waals surface area (Å²) in [6.07, 6.45) is 2.92. The van der Waals surface area contributed by atoms with Gasteiger partial charge < -0.3 is 4.74 Å². The molecule has 5 heteroatoms. The molecule has 0 atom stereocenters. The Morgan fingerprint density at radius 2 is 2.05 bits per heavy atom. The monoisotopic (exact) mass is 256 g/mol. The van der Waals surface area contributed by atoms with E-state index in [-0.39, 0.29) is 6.61 Å². The molecule has 0 radical (unpaired) electrons. The predicted molar refractivity (Wildman–Crippen MR) is 69.9 cm³/mol. The minimum atomic E-state index is -0.589. The van der Waals surface area contributed by atoms with Crippen LogP contribution in [0.3, 0.4) is 0 Å². The molecule has 0 aliphatic carbocycles. The molecule has 19 heavy (non-hydrogen) atoms. The van der Waals surface area contributed by atoms with E-state index in [0.29, 0.717) is 17.5 Å². The van der Waals surface area contributed by atoms with E-state index in [4.69, 9.17) is 4.74 Å². The number of aldehydes is 1. The average molecular weight is 256 g/mol. The van der Waals surface area contributed by atoms with Crippen molar-refractivity contribution in [2.24, 2.45) is 0 Å². The largest absolute Gasteiger partial charge is 0.444 e. The second kappa shape index (κ2) is 6.30. The fraction of sp³-hybridized carbons (Fsp3) is 0.0714. The number of rotatable bonds is 4. The molecule has 0 aliphatic heterocycles. The van der Waals surface area contributed by atoms with Crippen LogP contribution in [0.2, 0.25) is 0 Å². The number of hydrogen-bond acceptors (Lipinski definition) is 4. The molecule has 0 unspecified atom stereocenters. The first kappa shape index (κ1) is 12.8. The number of hydrogen-bond donors (Lipinski definition) is 1. The molecule has 96 valence electrons. The van der Waals surface area contributed by atoms with E-state index in [0.717, 1.165) is 5.56 Å². The SMILES string of the molecule is O=Cc1cncc(NC(=O)OCc2ccccc2)c1. The highest BCUT2D eigenvalue weighted by Gasteiger charge is 2.04. The van der Waals surface area contributed by atoms with Gasteiger partial charge in [0.25, 0.3) is 0 Å². The van der Waals surface area contributed by atoms with Gasteiger partial charge in [-0.25, -0.2) is 4.79 Å². The smallest absolute Gasteiger partial charge is 0.412 e. The molecule has 0 spiro atoms. The molecule has 1 aromatic carbocycles. The molecule has 2 rings (SSSR count). The molecule has 0 saturated heterocycles. The highest BCUT2D eigenvalue weighted by atomic mass is 16.5. The van der Waals surface area contributed by atoms with Gasteiger partial charge in [0.1, 0.15) is 6.61 Å². The zero-order valence-corrected chi connectivity index (χ0v) is 10.1. The lowest BCUT2D eigenvalue weighted by atomic mass is 10.2. The van der Waals surface area contributed by atoms with E-state index in [1.165, 1.54) is 18.5 Å². The van der Waals surface area contributed by atoms with Crippen molar-refractivity contribution < 1.29 is 14.3 Å². The standard InChI is InChI=1S/C14H12N2O3/c17-9-12-6-13(8-15-7-12)16-14(18)19-10-11-4-2-1-3-5-11/h1-9H,10H2,(H,16,18). The fourth-order valence-corrected chi connectivity index (χ4v) is 1.47. The second-order valence-corrected chi connectivity index (χ2v) is 3.81. The number of nitrogens with one attached hydrogen (secondary N) is 1. The van der Waals surface area contributed by atoms with E-state index >= 15 is 0 Å². The van der Waals surface area contributed by atoms with E-state index in [1.807, 2.05) is 30.3 Å². The van der Waals surface area contributed by atoms with Crippen molar-refractivity contribution in [2.75, 3.05) is 5.32 Å². The van der Waals surface area contributed by atoms with Crippen LogP contribution in [-0.4, -0.2) is 17.4 Å². The number of ether oxygens (including phenoxy) is 1. The Hall–Kier alpha value is -2.69. The lowest BCUT2D eigenvalue weighted by molar-refractivity contribution is 0.112. The maximum atomic E-state index is 11.5. The third-order valence-corrected chi connectivity index (χ3v) is 2.35. The average Bonchev–Trinajstić information content (AvgIpc) is 2.46. The minimum absolute atomic E-state index is 0.188. The van der Waals surface area contributed by atoms with E-state index in [9.17, 15) is 9.59 Å². The van der Waals surface area contributed by atoms with Gasteiger partial charge in [-0.3, -0.25) is 15.1 Å². The summed E-state index contributed by atoms with van der Waals surface area (Å²) in [5, 5.41) is 2.50. The Bertz CT molecular complexity index is 570. The number of nitrogens with zero attached hydrogens (tertiary/aromatic N) is 1. The Morgan fingerprint density at radius 1 is 1.26 bits per heavy atom. The van der Waals surface area contributed by atoms with Gasteiger partial charge >= 0.3 is 6.09 Å². The highest BCUT2D eigenvalue weighted by molar-refractivity contribution is 5.86. The summed E-state index contributed by atoms with van der Waals surface area (Å²) in [4.78, 5) is 25.9. The summed E-state index contributed by atoms with van der Waals surface area (Å²) in [5.74, 6) is 0. The molecule has 0 fully saturated rings. The van der Waals surface area contributed by atoms with Crippen molar-refractivity contribution in [3.8, 4) is 0 Å². The van der Waals surface area contributed by atoms with Crippen LogP contribution in [0.4, 0.5) is 10.5 Å². The van der Waals surface area contributed by atoms with Gasteiger partial charge in [0.05, 0.1) is 11.9 Å². The van der Waals surface area contributed by atoms with Crippen molar-refractivity contribution in [1.29, 1.82) is 0 Å². The molecule has 5 nitrogen and oxygen atoms in total. The van der Waals surface area contributed by atoms with E-state index in [1.54, 1.807) is 0 Å². The van der Waals surface area contributed by atoms with Crippen LogP contribution in [0.15, 0.2) is 48.8 Å². The van der Waals surface area contributed by atoms with Gasteiger partial charge in [0, 0.05) is 11.8 Å². The van der Waals surface area contributed by atoms with Crippen molar-refractivity contribution in [2.45, 2.75) is 6.61 Å². The normalized spacial score (nSPS) is 9.68. The van der Waals surface area contributed by atoms with Crippen molar-refractivity contribution in [1.82, 2.24) is 4.98 Å². The molecular formula is C14H12N2O3. The third kappa shape index (κ3) is 3.92. The Morgan fingerprint density at radius 3 is 2.79 bits per heavy atom. The number of amides is 1. The van der Waals surface area contributed by atoms with Crippen LogP contribution in [0.5, 0.6) is 0 Å². The summed E-state index contributed by atoms with van der Waals surface area (Å²) in [6, 6.07) is 10.9. The van der Waals surface area contributed by atoms with Crippen molar-refractivity contribution >= 4 is 18.1 Å². The summed E-state index contributed by atoms with van der Waals surface area (Å²) in [6.45, 7) is 0.188. The van der Waals surface area contributed by atoms with Crippen LogP contribution < -0.4 is 5.32 Å². The van der Waals surface area contributed by atoms with Crippen LogP contribution in [-0.2, 0) is 11.3 Å². The van der Waals surface area contributed by atoms with Gasteiger partial charge in [-0.1, -0.05) is 30.3 Å². The fourth-order valence-electron chi connectivity index (χ4n) is 1.47. The number of carbonyl (C=O) groups excluding carboxylic acids is 2. The van der Waals surface area contributed by atoms with E-state index < -0.39 is 6.09 Å². The van der Waals surface area contributed by atoms with Gasteiger partial charge in [0.15, 0.2) is 6.29 Å². The number of pyridine rings is 1. The number of carbonyl (C=O) groups is 2. The Kier molecular flexibility index (Phi) is 4.23. The zero-order valence-electron chi connectivity index (χ0n) is 10.1. The van der Waals surface area contributed by atoms with Crippen molar-refractivity contribution in [3.05, 3.63) is 59.9 Å². The third-order valence-electron chi connectivity index (χ3n) is 2.35. The molecule has 0 bridgehead atoms. The second-order valence-electron chi connectivity index (χ2n) is 3.81. The van der Waals surface area contributed by atoms with Gasteiger partial charge in [0.2, 0.25) is 0 Å². The van der Waals surface area contributed by atoms with Crippen LogP contribution in [0.1, 0.15) is 15.9 Å². The summed E-state index contributed by atoms with van der Waals surface area (Å²) >= 11 is 0. The van der Waals surface area contributed by atoms with E-state index in [2.05, 4.69) is 10.3 Å². The Labute approximate surface area is 110 Å². The molecule has 1 N–H and O–H groups in total. The minimum Gasteiger partial charge on any atom is -0.444 e. The molecular weight excluding hydrogens is 244 g/mol. The molecule has 0 saturated carbocycles. The van der Waals surface area contributed by atoms with Gasteiger partial charge in [-0.15, -0.1) is 0 Å². The first-order valence-electron chi connectivity index (χ1n) is 5.66. The molecule has 0 aliphatic rings. The lowest BCUT2D eigenvalue weighted by Crippen LogP contribution is -2.13. The Balaban J connectivity index is 1.89. The first-order valence-corrected chi connectivity index (χ1v) is 5.66. The maximum Gasteiger partial charge on any atom is 0.412 e. The highest BCUT2D eigenvalue weighted by Crippen LogP contribution is 2.08. The predicted octanol–water partition coefficient (Wildman–Crippen LogP) is 2.64. The zero-order chi connectivity index (χ0) is 13.5.